The summed E-state index contributed by atoms with van der Waals surface area (Å²) in [6.45, 7) is 2.21. The fraction of sp³-hybridized carbons (Fsp3) is 0.462. The molecule has 3 heteroatoms. The molecule has 0 unspecified atom stereocenters. The average molecular weight is 234 g/mol. The van der Waals surface area contributed by atoms with Crippen molar-refractivity contribution >= 4 is 21.6 Å². The zero-order valence-electron chi connectivity index (χ0n) is 9.53. The third-order valence-electron chi connectivity index (χ3n) is 2.78. The monoisotopic (exact) mass is 234 g/mol. The first-order valence-corrected chi connectivity index (χ1v) is 6.68. The molecule has 0 spiro atoms. The molecule has 2 aromatic rings. The highest BCUT2D eigenvalue weighted by Crippen LogP contribution is 2.29. The lowest BCUT2D eigenvalue weighted by molar-refractivity contribution is 0.353. The Morgan fingerprint density at radius 1 is 1.25 bits per heavy atom. The normalized spacial score (nSPS) is 11.1. The smallest absolute Gasteiger partial charge is 0.255 e. The van der Waals surface area contributed by atoms with Gasteiger partial charge in [0.2, 0.25) is 0 Å². The molecule has 1 aromatic carbocycles. The van der Waals surface area contributed by atoms with Crippen molar-refractivity contribution in [2.45, 2.75) is 39.0 Å². The Morgan fingerprint density at radius 3 is 2.94 bits per heavy atom. The molecule has 2 nitrogen and oxygen atoms in total. The van der Waals surface area contributed by atoms with Gasteiger partial charge >= 0.3 is 5.19 Å². The molecule has 16 heavy (non-hydrogen) atoms. The molecular weight excluding hydrogens is 218 g/mol. The highest BCUT2D eigenvalue weighted by Gasteiger charge is 2.07. The van der Waals surface area contributed by atoms with Gasteiger partial charge in [-0.15, -0.1) is 0 Å². The number of hydrogen-bond donors (Lipinski definition) is 0. The van der Waals surface area contributed by atoms with Gasteiger partial charge in [0.25, 0.3) is 0 Å². The van der Waals surface area contributed by atoms with Crippen molar-refractivity contribution in [3.8, 4) is 5.19 Å². The zero-order chi connectivity index (χ0) is 11.4. The Kier molecular flexibility index (Phi) is 3.78. The third kappa shape index (κ3) is 2.53. The van der Waals surface area contributed by atoms with E-state index in [1.165, 1.54) is 42.6 Å². The Hall–Kier alpha value is -1.09. The number of aromatic nitrogens is 1. The van der Waals surface area contributed by atoms with Gasteiger partial charge in [0.05, 0.1) is 10.2 Å². The van der Waals surface area contributed by atoms with E-state index < -0.39 is 0 Å². The molecule has 0 saturated heterocycles. The number of rotatable bonds is 5. The summed E-state index contributed by atoms with van der Waals surface area (Å²) in [5.74, 6) is 0. The Bertz CT molecular complexity index is 464. The summed E-state index contributed by atoms with van der Waals surface area (Å²) in [7, 11) is 0. The maximum absolute atomic E-state index is 11.2. The van der Waals surface area contributed by atoms with Crippen LogP contribution >= 0.6 is 11.3 Å². The van der Waals surface area contributed by atoms with E-state index in [0.717, 1.165) is 16.6 Å². The van der Waals surface area contributed by atoms with E-state index in [4.69, 9.17) is 0 Å². The predicted molar refractivity (Wildman–Crippen MR) is 67.6 cm³/mol. The SMILES string of the molecule is CCCCCCc1cccc2sc([O])nc12. The second-order valence-corrected chi connectivity index (χ2v) is 5.05. The van der Waals surface area contributed by atoms with Crippen molar-refractivity contribution in [2.24, 2.45) is 0 Å². The highest BCUT2D eigenvalue weighted by molar-refractivity contribution is 7.20. The predicted octanol–water partition coefficient (Wildman–Crippen LogP) is 4.56. The number of fused-ring (bicyclic) bond motifs is 1. The maximum Gasteiger partial charge on any atom is 0.327 e. The molecule has 0 aliphatic heterocycles. The molecule has 0 amide bonds. The van der Waals surface area contributed by atoms with Crippen LogP contribution < -0.4 is 0 Å². The van der Waals surface area contributed by atoms with Gasteiger partial charge in [0, 0.05) is 0 Å². The summed E-state index contributed by atoms with van der Waals surface area (Å²) < 4.78 is 1.03. The summed E-state index contributed by atoms with van der Waals surface area (Å²) in [4.78, 5) is 4.07. The molecule has 2 rings (SSSR count). The van der Waals surface area contributed by atoms with Crippen molar-refractivity contribution < 1.29 is 5.11 Å². The number of nitrogens with zero attached hydrogens (tertiary/aromatic N) is 1. The quantitative estimate of drug-likeness (QED) is 0.698. The number of aryl methyl sites for hydroxylation is 1. The topological polar surface area (TPSA) is 32.8 Å². The molecule has 1 radical (unpaired) electrons. The van der Waals surface area contributed by atoms with Crippen LogP contribution in [0.25, 0.3) is 10.2 Å². The summed E-state index contributed by atoms with van der Waals surface area (Å²) in [6, 6.07) is 6.09. The zero-order valence-corrected chi connectivity index (χ0v) is 10.3. The van der Waals surface area contributed by atoms with E-state index in [2.05, 4.69) is 18.0 Å². The van der Waals surface area contributed by atoms with Crippen LogP contribution in [0.2, 0.25) is 0 Å². The van der Waals surface area contributed by atoms with E-state index in [1.807, 2.05) is 12.1 Å². The first-order chi connectivity index (χ1) is 7.81. The number of benzene rings is 1. The van der Waals surface area contributed by atoms with Gasteiger partial charge in [-0.05, 0) is 24.5 Å². The van der Waals surface area contributed by atoms with E-state index >= 15 is 0 Å². The van der Waals surface area contributed by atoms with Crippen LogP contribution in [0.1, 0.15) is 38.2 Å². The molecule has 0 fully saturated rings. The molecule has 0 saturated carbocycles. The molecule has 85 valence electrons. The largest absolute Gasteiger partial charge is 0.327 e. The standard InChI is InChI=1S/C13H16NOS/c1-2-3-4-5-7-10-8-6-9-11-12(10)14-13(15)16-11/h6,8-9H,2-5,7H2,1H3. The van der Waals surface area contributed by atoms with Gasteiger partial charge in [0.15, 0.2) is 0 Å². The second-order valence-electron chi connectivity index (χ2n) is 4.05. The van der Waals surface area contributed by atoms with Crippen LogP contribution in [0, 0.1) is 0 Å². The van der Waals surface area contributed by atoms with Crippen LogP contribution in [-0.4, -0.2) is 4.98 Å². The molecule has 0 N–H and O–H groups in total. The van der Waals surface area contributed by atoms with Crippen molar-refractivity contribution in [3.05, 3.63) is 23.8 Å². The van der Waals surface area contributed by atoms with Crippen LogP contribution in [0.4, 0.5) is 0 Å². The number of hydrogen-bond acceptors (Lipinski definition) is 2. The van der Waals surface area contributed by atoms with Crippen LogP contribution in [0.5, 0.6) is 5.19 Å². The van der Waals surface area contributed by atoms with E-state index in [9.17, 15) is 5.11 Å². The lowest BCUT2D eigenvalue weighted by Crippen LogP contribution is -1.87. The molecule has 0 atom stereocenters. The summed E-state index contributed by atoms with van der Waals surface area (Å²) in [5, 5.41) is 11.2. The Labute approximate surface area is 100.0 Å². The first-order valence-electron chi connectivity index (χ1n) is 5.86. The number of unbranched alkanes of at least 4 members (excludes halogenated alkanes) is 3. The van der Waals surface area contributed by atoms with Gasteiger partial charge in [-0.25, -0.2) is 0 Å². The van der Waals surface area contributed by atoms with Gasteiger partial charge in [-0.3, -0.25) is 5.11 Å². The minimum Gasteiger partial charge on any atom is -0.255 e. The molecular formula is C13H16NOS. The van der Waals surface area contributed by atoms with Crippen LogP contribution in [-0.2, 0) is 11.5 Å². The summed E-state index contributed by atoms with van der Waals surface area (Å²) in [6.07, 6.45) is 6.05. The third-order valence-corrected chi connectivity index (χ3v) is 3.60. The second kappa shape index (κ2) is 5.30. The molecule has 0 aliphatic rings. The van der Waals surface area contributed by atoms with Crippen LogP contribution in [0.3, 0.4) is 0 Å². The van der Waals surface area contributed by atoms with E-state index in [1.54, 1.807) is 0 Å². The van der Waals surface area contributed by atoms with Crippen molar-refractivity contribution in [1.29, 1.82) is 0 Å². The maximum atomic E-state index is 11.2. The van der Waals surface area contributed by atoms with Gasteiger partial charge in [-0.2, -0.15) is 4.98 Å². The minimum absolute atomic E-state index is 0.0731. The molecule has 0 aliphatic carbocycles. The van der Waals surface area contributed by atoms with E-state index in [-0.39, 0.29) is 5.19 Å². The lowest BCUT2D eigenvalue weighted by atomic mass is 10.1. The van der Waals surface area contributed by atoms with Crippen molar-refractivity contribution in [3.63, 3.8) is 0 Å². The Balaban J connectivity index is 2.11. The molecule has 1 heterocycles. The van der Waals surface area contributed by atoms with Gasteiger partial charge < -0.3 is 0 Å². The number of thiazole rings is 1. The van der Waals surface area contributed by atoms with Crippen LogP contribution in [0.15, 0.2) is 18.2 Å². The number of para-hydroxylation sites is 1. The van der Waals surface area contributed by atoms with E-state index in [0.29, 0.717) is 0 Å². The fourth-order valence-electron chi connectivity index (χ4n) is 1.93. The molecule has 0 bridgehead atoms. The lowest BCUT2D eigenvalue weighted by Gasteiger charge is -2.01. The summed E-state index contributed by atoms with van der Waals surface area (Å²) >= 11 is 1.24. The van der Waals surface area contributed by atoms with Crippen molar-refractivity contribution in [1.82, 2.24) is 4.98 Å². The van der Waals surface area contributed by atoms with Crippen molar-refractivity contribution in [2.75, 3.05) is 0 Å². The van der Waals surface area contributed by atoms with Gasteiger partial charge in [0.1, 0.15) is 0 Å². The average Bonchev–Trinajstić information content (AvgIpc) is 2.65. The summed E-state index contributed by atoms with van der Waals surface area (Å²) in [5.41, 5.74) is 2.15. The molecule has 1 aromatic heterocycles. The highest BCUT2D eigenvalue weighted by atomic mass is 32.1. The Morgan fingerprint density at radius 2 is 2.12 bits per heavy atom. The van der Waals surface area contributed by atoms with Gasteiger partial charge in [-0.1, -0.05) is 49.7 Å². The minimum atomic E-state index is -0.0731. The fourth-order valence-corrected chi connectivity index (χ4v) is 2.67. The first kappa shape index (κ1) is 11.4.